The molecule has 1 atom stereocenters. The van der Waals surface area contributed by atoms with Gasteiger partial charge in [0.05, 0.1) is 45.2 Å². The maximum absolute atomic E-state index is 13.6. The number of amides is 1. The third kappa shape index (κ3) is 3.18. The lowest BCUT2D eigenvalue weighted by atomic mass is 9.81. The predicted molar refractivity (Wildman–Crippen MR) is 120 cm³/mol. The maximum Gasteiger partial charge on any atom is 0.283 e. The number of carbonyl (C=O) groups is 1. The minimum Gasteiger partial charge on any atom is -0.380 e. The van der Waals surface area contributed by atoms with E-state index in [-0.39, 0.29) is 24.0 Å². The molecule has 5 heterocycles. The first-order valence-electron chi connectivity index (χ1n) is 10.4. The van der Waals surface area contributed by atoms with Crippen LogP contribution < -0.4 is 0 Å². The van der Waals surface area contributed by atoms with Gasteiger partial charge in [0.2, 0.25) is 5.91 Å². The van der Waals surface area contributed by atoms with Crippen molar-refractivity contribution >= 4 is 37.5 Å². The Morgan fingerprint density at radius 1 is 1.15 bits per heavy atom. The van der Waals surface area contributed by atoms with Crippen LogP contribution in [0.3, 0.4) is 0 Å². The van der Waals surface area contributed by atoms with E-state index in [0.717, 1.165) is 19.9 Å². The number of ether oxygens (including phenoxy) is 1. The molecule has 0 N–H and O–H groups in total. The zero-order chi connectivity index (χ0) is 22.6. The van der Waals surface area contributed by atoms with Crippen LogP contribution in [-0.4, -0.2) is 51.6 Å². The Morgan fingerprint density at radius 3 is 2.82 bits per heavy atom. The molecule has 2 aliphatic rings. The molecule has 0 aliphatic carbocycles. The van der Waals surface area contributed by atoms with Crippen LogP contribution in [0.1, 0.15) is 23.4 Å². The van der Waals surface area contributed by atoms with Crippen molar-refractivity contribution in [2.75, 3.05) is 13.2 Å². The van der Waals surface area contributed by atoms with Crippen molar-refractivity contribution < 1.29 is 17.9 Å². The van der Waals surface area contributed by atoms with Gasteiger partial charge < -0.3 is 9.64 Å². The van der Waals surface area contributed by atoms with Gasteiger partial charge in [0, 0.05) is 31.1 Å². The second-order valence-corrected chi connectivity index (χ2v) is 10.9. The molecule has 0 saturated carbocycles. The minimum atomic E-state index is -3.84. The fourth-order valence-corrected chi connectivity index (χ4v) is 6.48. The first-order chi connectivity index (χ1) is 16.0. The summed E-state index contributed by atoms with van der Waals surface area (Å²) in [5.41, 5.74) is 3.62. The molecule has 11 heteroatoms. The van der Waals surface area contributed by atoms with Gasteiger partial charge in [-0.2, -0.15) is 17.6 Å². The van der Waals surface area contributed by atoms with Gasteiger partial charge in [0.1, 0.15) is 5.41 Å². The van der Waals surface area contributed by atoms with E-state index >= 15 is 0 Å². The van der Waals surface area contributed by atoms with E-state index in [9.17, 15) is 13.2 Å². The molecular formula is C22H19N5O4S2. The fourth-order valence-electron chi connectivity index (χ4n) is 4.49. The lowest BCUT2D eigenvalue weighted by molar-refractivity contribution is -0.138. The van der Waals surface area contributed by atoms with Crippen molar-refractivity contribution in [1.29, 1.82) is 0 Å². The van der Waals surface area contributed by atoms with Gasteiger partial charge in [-0.3, -0.25) is 9.78 Å². The SMILES string of the molecule is O=C(N1Cc2cn(S(=O)(=O)c3ccc4ncsc4c3)nc2C1)[C@]1(c2ccccn2)CCOC1. The minimum absolute atomic E-state index is 0.0678. The highest BCUT2D eigenvalue weighted by molar-refractivity contribution is 7.89. The molecule has 168 valence electrons. The van der Waals surface area contributed by atoms with Crippen molar-refractivity contribution in [3.63, 3.8) is 0 Å². The first-order valence-corrected chi connectivity index (χ1v) is 12.7. The van der Waals surface area contributed by atoms with Gasteiger partial charge in [0.25, 0.3) is 10.0 Å². The average Bonchev–Trinajstić information content (AvgIpc) is 3.62. The number of pyridine rings is 1. The monoisotopic (exact) mass is 481 g/mol. The van der Waals surface area contributed by atoms with Crippen molar-refractivity contribution in [2.45, 2.75) is 29.8 Å². The van der Waals surface area contributed by atoms with E-state index in [4.69, 9.17) is 4.74 Å². The number of nitrogens with zero attached hydrogens (tertiary/aromatic N) is 5. The number of aromatic nitrogens is 4. The Bertz CT molecular complexity index is 1450. The summed E-state index contributed by atoms with van der Waals surface area (Å²) in [4.78, 5) is 24.1. The lowest BCUT2D eigenvalue weighted by Crippen LogP contribution is -2.46. The van der Waals surface area contributed by atoms with Crippen LogP contribution in [0, 0.1) is 0 Å². The average molecular weight is 482 g/mol. The number of hydrogen-bond donors (Lipinski definition) is 0. The van der Waals surface area contributed by atoms with Crippen molar-refractivity contribution in [1.82, 2.24) is 24.1 Å². The predicted octanol–water partition coefficient (Wildman–Crippen LogP) is 2.33. The molecule has 1 saturated heterocycles. The standard InChI is InChI=1S/C22H19N5O4S2/c28-21(22(6-8-31-13-22)20-3-1-2-7-23-20)26-10-15-11-27(25-18(15)12-26)33(29,30)16-4-5-17-19(9-16)32-14-24-17/h1-5,7,9,11,14H,6,8,10,12-13H2/t22-/m1/s1. The third-order valence-corrected chi connectivity index (χ3v) is 8.60. The molecule has 4 aromatic rings. The maximum atomic E-state index is 13.6. The molecule has 0 bridgehead atoms. The third-order valence-electron chi connectivity index (χ3n) is 6.28. The number of fused-ring (bicyclic) bond motifs is 2. The molecule has 0 radical (unpaired) electrons. The van der Waals surface area contributed by atoms with Gasteiger partial charge >= 0.3 is 0 Å². The van der Waals surface area contributed by atoms with Crippen molar-refractivity contribution in [2.24, 2.45) is 0 Å². The largest absolute Gasteiger partial charge is 0.380 e. The molecule has 33 heavy (non-hydrogen) atoms. The second kappa shape index (κ2) is 7.44. The Labute approximate surface area is 193 Å². The summed E-state index contributed by atoms with van der Waals surface area (Å²) in [5, 5.41) is 4.34. The van der Waals surface area contributed by atoms with E-state index in [2.05, 4.69) is 15.1 Å². The summed E-state index contributed by atoms with van der Waals surface area (Å²) in [6.45, 7) is 1.33. The van der Waals surface area contributed by atoms with Crippen molar-refractivity contribution in [3.8, 4) is 0 Å². The quantitative estimate of drug-likeness (QED) is 0.440. The van der Waals surface area contributed by atoms with Gasteiger partial charge in [0.15, 0.2) is 0 Å². The van der Waals surface area contributed by atoms with Crippen LogP contribution >= 0.6 is 11.3 Å². The number of hydrogen-bond acceptors (Lipinski definition) is 8. The molecule has 1 aromatic carbocycles. The van der Waals surface area contributed by atoms with E-state index in [0.29, 0.717) is 31.0 Å². The molecule has 0 spiro atoms. The molecule has 6 rings (SSSR count). The number of carbonyl (C=O) groups excluding carboxylic acids is 1. The van der Waals surface area contributed by atoms with Gasteiger partial charge in [-0.1, -0.05) is 6.07 Å². The van der Waals surface area contributed by atoms with Gasteiger partial charge in [-0.25, -0.2) is 4.98 Å². The highest BCUT2D eigenvalue weighted by Crippen LogP contribution is 2.37. The van der Waals surface area contributed by atoms with Crippen LogP contribution in [0.5, 0.6) is 0 Å². The van der Waals surface area contributed by atoms with Crippen LogP contribution in [0.25, 0.3) is 10.2 Å². The topological polar surface area (TPSA) is 107 Å². The second-order valence-electron chi connectivity index (χ2n) is 8.22. The highest BCUT2D eigenvalue weighted by atomic mass is 32.2. The lowest BCUT2D eigenvalue weighted by Gasteiger charge is -2.30. The smallest absolute Gasteiger partial charge is 0.283 e. The van der Waals surface area contributed by atoms with Crippen LogP contribution in [0.15, 0.2) is 59.2 Å². The summed E-state index contributed by atoms with van der Waals surface area (Å²) < 4.78 is 33.7. The Balaban J connectivity index is 1.27. The fraction of sp³-hybridized carbons (Fsp3) is 0.273. The highest BCUT2D eigenvalue weighted by Gasteiger charge is 2.48. The van der Waals surface area contributed by atoms with Crippen molar-refractivity contribution in [3.05, 3.63) is 71.3 Å². The summed E-state index contributed by atoms with van der Waals surface area (Å²) in [7, 11) is -3.84. The Morgan fingerprint density at radius 2 is 2.06 bits per heavy atom. The summed E-state index contributed by atoms with van der Waals surface area (Å²) in [6, 6.07) is 10.4. The van der Waals surface area contributed by atoms with E-state index in [1.807, 2.05) is 18.2 Å². The summed E-state index contributed by atoms with van der Waals surface area (Å²) in [5.74, 6) is -0.0678. The number of benzene rings is 1. The summed E-state index contributed by atoms with van der Waals surface area (Å²) >= 11 is 1.39. The first kappa shape index (κ1) is 20.5. The Hall–Kier alpha value is -3.15. The van der Waals surface area contributed by atoms with Gasteiger partial charge in [-0.15, -0.1) is 11.3 Å². The molecule has 0 unspecified atom stereocenters. The zero-order valence-electron chi connectivity index (χ0n) is 17.4. The zero-order valence-corrected chi connectivity index (χ0v) is 19.1. The van der Waals surface area contributed by atoms with Gasteiger partial charge in [-0.05, 0) is 36.8 Å². The number of rotatable bonds is 4. The van der Waals surface area contributed by atoms with Crippen LogP contribution in [-0.2, 0) is 38.1 Å². The summed E-state index contributed by atoms with van der Waals surface area (Å²) in [6.07, 6.45) is 3.75. The van der Waals surface area contributed by atoms with E-state index in [1.54, 1.807) is 28.7 Å². The number of thiazole rings is 1. The molecule has 9 nitrogen and oxygen atoms in total. The van der Waals surface area contributed by atoms with Crippen LogP contribution in [0.2, 0.25) is 0 Å². The molecular weight excluding hydrogens is 462 g/mol. The molecule has 1 fully saturated rings. The Kier molecular flexibility index (Phi) is 4.61. The van der Waals surface area contributed by atoms with E-state index < -0.39 is 15.4 Å². The van der Waals surface area contributed by atoms with Crippen LogP contribution in [0.4, 0.5) is 0 Å². The molecule has 1 amide bonds. The van der Waals surface area contributed by atoms with E-state index in [1.165, 1.54) is 23.6 Å². The molecule has 3 aromatic heterocycles. The normalized spacial score (nSPS) is 20.4. The molecule has 2 aliphatic heterocycles.